The van der Waals surface area contributed by atoms with Crippen molar-refractivity contribution in [2.75, 3.05) is 6.61 Å². The molecule has 0 bridgehead atoms. The Morgan fingerprint density at radius 3 is 3.33 bits per heavy atom. The molecule has 2 nitrogen and oxygen atoms in total. The van der Waals surface area contributed by atoms with Crippen LogP contribution in [-0.2, 0) is 9.47 Å². The Kier molecular flexibility index (Phi) is 0.859. The molecule has 2 heteroatoms. The predicted molar refractivity (Wildman–Crippen MR) is 31.0 cm³/mol. The maximum absolute atomic E-state index is 5.13. The predicted octanol–water partition coefficient (Wildman–Crippen LogP) is 1.13. The Bertz CT molecular complexity index is 211. The Morgan fingerprint density at radius 1 is 1.44 bits per heavy atom. The third kappa shape index (κ3) is 0.633. The van der Waals surface area contributed by atoms with Crippen LogP contribution in [-0.4, -0.2) is 6.61 Å². The first-order valence-corrected chi connectivity index (χ1v) is 2.76. The first-order valence-electron chi connectivity index (χ1n) is 2.76. The molecule has 0 aromatic heterocycles. The first-order chi connectivity index (χ1) is 4.47. The largest absolute Gasteiger partial charge is 0.485 e. The van der Waals surface area contributed by atoms with Gasteiger partial charge in [-0.25, -0.2) is 0 Å². The lowest BCUT2D eigenvalue weighted by molar-refractivity contribution is 0.237. The van der Waals surface area contributed by atoms with Crippen LogP contribution in [0.25, 0.3) is 0 Å². The second-order valence-electron chi connectivity index (χ2n) is 1.80. The van der Waals surface area contributed by atoms with E-state index in [4.69, 9.17) is 9.47 Å². The number of rotatable bonds is 0. The summed E-state index contributed by atoms with van der Waals surface area (Å²) in [6, 6.07) is 0. The summed E-state index contributed by atoms with van der Waals surface area (Å²) in [6.45, 7) is 0.622. The molecule has 2 rings (SSSR count). The van der Waals surface area contributed by atoms with E-state index in [0.29, 0.717) is 6.61 Å². The molecule has 2 aliphatic heterocycles. The third-order valence-electron chi connectivity index (χ3n) is 1.22. The number of hydrogen-bond donors (Lipinski definition) is 0. The standard InChI is InChI=1S/C7H5O2/c1-2-6-7(8-4-1)3-5-9-6/h1-3H,5H2. The van der Waals surface area contributed by atoms with Gasteiger partial charge in [0.2, 0.25) is 0 Å². The van der Waals surface area contributed by atoms with Gasteiger partial charge in [-0.15, -0.1) is 0 Å². The van der Waals surface area contributed by atoms with Gasteiger partial charge in [0.25, 0.3) is 0 Å². The summed E-state index contributed by atoms with van der Waals surface area (Å²) in [5.41, 5.74) is 0. The second-order valence-corrected chi connectivity index (χ2v) is 1.80. The zero-order valence-electron chi connectivity index (χ0n) is 4.76. The van der Waals surface area contributed by atoms with Gasteiger partial charge >= 0.3 is 0 Å². The van der Waals surface area contributed by atoms with Gasteiger partial charge in [-0.3, -0.25) is 0 Å². The normalized spacial score (nSPS) is 21.3. The Labute approximate surface area is 53.1 Å². The van der Waals surface area contributed by atoms with Crippen LogP contribution in [0.15, 0.2) is 29.7 Å². The molecular formula is C7H5O2. The maximum Gasteiger partial charge on any atom is 0.170 e. The molecule has 0 unspecified atom stereocenters. The molecule has 0 aromatic rings. The molecule has 0 fully saturated rings. The van der Waals surface area contributed by atoms with Gasteiger partial charge in [0, 0.05) is 0 Å². The second kappa shape index (κ2) is 1.65. The van der Waals surface area contributed by atoms with Crippen molar-refractivity contribution in [3.8, 4) is 0 Å². The highest BCUT2D eigenvalue weighted by molar-refractivity contribution is 5.30. The summed E-state index contributed by atoms with van der Waals surface area (Å²) in [7, 11) is 0. The smallest absolute Gasteiger partial charge is 0.170 e. The van der Waals surface area contributed by atoms with Crippen molar-refractivity contribution in [2.24, 2.45) is 0 Å². The SMILES string of the molecule is [C]1=CC=C2OCC=C2O1. The van der Waals surface area contributed by atoms with Crippen molar-refractivity contribution < 1.29 is 9.47 Å². The molecule has 1 radical (unpaired) electrons. The zero-order valence-corrected chi connectivity index (χ0v) is 4.76. The summed E-state index contributed by atoms with van der Waals surface area (Å²) in [5, 5.41) is 0. The van der Waals surface area contributed by atoms with Crippen LogP contribution in [0.4, 0.5) is 0 Å². The fraction of sp³-hybridized carbons (Fsp3) is 0.143. The Balaban J connectivity index is 2.37. The Morgan fingerprint density at radius 2 is 2.44 bits per heavy atom. The molecule has 0 aromatic carbocycles. The molecule has 0 saturated carbocycles. The third-order valence-corrected chi connectivity index (χ3v) is 1.22. The van der Waals surface area contributed by atoms with Crippen LogP contribution >= 0.6 is 0 Å². The molecule has 0 atom stereocenters. The van der Waals surface area contributed by atoms with Gasteiger partial charge in [-0.1, -0.05) is 0 Å². The highest BCUT2D eigenvalue weighted by Gasteiger charge is 2.14. The van der Waals surface area contributed by atoms with Crippen LogP contribution < -0.4 is 0 Å². The van der Waals surface area contributed by atoms with Gasteiger partial charge in [0.15, 0.2) is 17.8 Å². The van der Waals surface area contributed by atoms with Crippen molar-refractivity contribution in [3.63, 3.8) is 0 Å². The van der Waals surface area contributed by atoms with E-state index >= 15 is 0 Å². The van der Waals surface area contributed by atoms with Gasteiger partial charge in [-0.2, -0.15) is 0 Å². The van der Waals surface area contributed by atoms with Gasteiger partial charge in [-0.05, 0) is 18.2 Å². The number of allylic oxidation sites excluding steroid dienone is 2. The highest BCUT2D eigenvalue weighted by atomic mass is 16.5. The topological polar surface area (TPSA) is 18.5 Å². The monoisotopic (exact) mass is 121 g/mol. The van der Waals surface area contributed by atoms with E-state index in [1.165, 1.54) is 0 Å². The van der Waals surface area contributed by atoms with E-state index in [1.54, 1.807) is 6.08 Å². The van der Waals surface area contributed by atoms with Crippen LogP contribution in [0.5, 0.6) is 0 Å². The lowest BCUT2D eigenvalue weighted by atomic mass is 10.3. The van der Waals surface area contributed by atoms with Gasteiger partial charge < -0.3 is 9.47 Å². The molecule has 2 heterocycles. The van der Waals surface area contributed by atoms with E-state index < -0.39 is 0 Å². The highest BCUT2D eigenvalue weighted by Crippen LogP contribution is 2.21. The number of ether oxygens (including phenoxy) is 2. The van der Waals surface area contributed by atoms with Crippen LogP contribution in [0, 0.1) is 6.26 Å². The minimum atomic E-state index is 0.622. The summed E-state index contributed by atoms with van der Waals surface area (Å²) >= 11 is 0. The molecule has 45 valence electrons. The van der Waals surface area contributed by atoms with Crippen LogP contribution in [0.3, 0.4) is 0 Å². The Hall–Kier alpha value is -1.18. The quantitative estimate of drug-likeness (QED) is 0.478. The molecule has 0 amide bonds. The fourth-order valence-corrected chi connectivity index (χ4v) is 0.808. The fourth-order valence-electron chi connectivity index (χ4n) is 0.808. The van der Waals surface area contributed by atoms with Crippen molar-refractivity contribution in [1.82, 2.24) is 0 Å². The van der Waals surface area contributed by atoms with Crippen molar-refractivity contribution in [2.45, 2.75) is 0 Å². The van der Waals surface area contributed by atoms with Crippen molar-refractivity contribution in [1.29, 1.82) is 0 Å². The zero-order chi connectivity index (χ0) is 6.10. The summed E-state index contributed by atoms with van der Waals surface area (Å²) in [5.74, 6) is 1.60. The van der Waals surface area contributed by atoms with E-state index in [-0.39, 0.29) is 0 Å². The lowest BCUT2D eigenvalue weighted by Crippen LogP contribution is -1.91. The minimum absolute atomic E-state index is 0.622. The van der Waals surface area contributed by atoms with Crippen molar-refractivity contribution >= 4 is 0 Å². The van der Waals surface area contributed by atoms with Crippen LogP contribution in [0.2, 0.25) is 0 Å². The molecule has 0 spiro atoms. The summed E-state index contributed by atoms with van der Waals surface area (Å²) in [4.78, 5) is 0. The number of fused-ring (bicyclic) bond motifs is 1. The van der Waals surface area contributed by atoms with Crippen LogP contribution in [0.1, 0.15) is 0 Å². The summed E-state index contributed by atoms with van der Waals surface area (Å²) < 4.78 is 10.1. The molecular weight excluding hydrogens is 116 g/mol. The minimum Gasteiger partial charge on any atom is -0.485 e. The van der Waals surface area contributed by atoms with Gasteiger partial charge in [0.05, 0.1) is 0 Å². The van der Waals surface area contributed by atoms with E-state index in [9.17, 15) is 0 Å². The first kappa shape index (κ1) is 4.68. The average Bonchev–Trinajstić information content (AvgIpc) is 2.33. The van der Waals surface area contributed by atoms with Crippen molar-refractivity contribution in [3.05, 3.63) is 36.0 Å². The molecule has 9 heavy (non-hydrogen) atoms. The lowest BCUT2D eigenvalue weighted by Gasteiger charge is -2.04. The van der Waals surface area contributed by atoms with Gasteiger partial charge in [0.1, 0.15) is 6.61 Å². The average molecular weight is 121 g/mol. The molecule has 0 saturated heterocycles. The van der Waals surface area contributed by atoms with E-state index in [2.05, 4.69) is 6.26 Å². The molecule has 0 N–H and O–H groups in total. The van der Waals surface area contributed by atoms with E-state index in [1.807, 2.05) is 12.2 Å². The molecule has 2 aliphatic rings. The summed E-state index contributed by atoms with van der Waals surface area (Å²) in [6.07, 6.45) is 8.02. The molecule has 0 aliphatic carbocycles. The number of hydrogen-bond acceptors (Lipinski definition) is 2. The van der Waals surface area contributed by atoms with E-state index in [0.717, 1.165) is 11.5 Å². The maximum atomic E-state index is 5.13.